The molecular formula is C15H24O4. The molecule has 1 aliphatic heterocycles. The molecule has 0 radical (unpaired) electrons. The van der Waals surface area contributed by atoms with Gasteiger partial charge in [0.2, 0.25) is 6.10 Å². The average molecular weight is 268 g/mol. The lowest BCUT2D eigenvalue weighted by Gasteiger charge is -2.39. The van der Waals surface area contributed by atoms with Crippen LogP contribution in [0.4, 0.5) is 0 Å². The van der Waals surface area contributed by atoms with Crippen molar-refractivity contribution < 1.29 is 19.1 Å². The molecule has 1 saturated heterocycles. The molecule has 1 aliphatic carbocycles. The minimum absolute atomic E-state index is 0.159. The van der Waals surface area contributed by atoms with Crippen molar-refractivity contribution in [2.45, 2.75) is 59.0 Å². The van der Waals surface area contributed by atoms with Crippen LogP contribution < -0.4 is 0 Å². The van der Waals surface area contributed by atoms with E-state index in [0.29, 0.717) is 18.9 Å². The third-order valence-electron chi connectivity index (χ3n) is 4.70. The first-order valence-corrected chi connectivity index (χ1v) is 7.33. The van der Waals surface area contributed by atoms with E-state index in [9.17, 15) is 9.59 Å². The van der Waals surface area contributed by atoms with Gasteiger partial charge < -0.3 is 9.47 Å². The second-order valence-electron chi connectivity index (χ2n) is 6.40. The van der Waals surface area contributed by atoms with Gasteiger partial charge in [-0.1, -0.05) is 19.8 Å². The highest BCUT2D eigenvalue weighted by Crippen LogP contribution is 2.38. The summed E-state index contributed by atoms with van der Waals surface area (Å²) >= 11 is 0. The highest BCUT2D eigenvalue weighted by Gasteiger charge is 2.45. The van der Waals surface area contributed by atoms with E-state index in [1.165, 1.54) is 6.42 Å². The van der Waals surface area contributed by atoms with E-state index in [1.54, 1.807) is 0 Å². The van der Waals surface area contributed by atoms with E-state index >= 15 is 0 Å². The van der Waals surface area contributed by atoms with Crippen LogP contribution in [0.5, 0.6) is 0 Å². The van der Waals surface area contributed by atoms with Crippen LogP contribution in [-0.2, 0) is 19.1 Å². The van der Waals surface area contributed by atoms with Crippen molar-refractivity contribution in [2.24, 2.45) is 17.3 Å². The van der Waals surface area contributed by atoms with Gasteiger partial charge in [-0.3, -0.25) is 4.79 Å². The Bertz CT molecular complexity index is 361. The van der Waals surface area contributed by atoms with Crippen molar-refractivity contribution in [3.8, 4) is 0 Å². The topological polar surface area (TPSA) is 52.6 Å². The maximum Gasteiger partial charge on any atom is 0.347 e. The maximum atomic E-state index is 12.2. The first kappa shape index (κ1) is 14.4. The van der Waals surface area contributed by atoms with Crippen molar-refractivity contribution in [3.05, 3.63) is 0 Å². The molecule has 1 heterocycles. The Hall–Kier alpha value is -1.06. The van der Waals surface area contributed by atoms with Gasteiger partial charge in [0.25, 0.3) is 0 Å². The summed E-state index contributed by atoms with van der Waals surface area (Å²) in [6.07, 6.45) is 4.34. The second-order valence-corrected chi connectivity index (χ2v) is 6.40. The van der Waals surface area contributed by atoms with Gasteiger partial charge in [0.15, 0.2) is 0 Å². The van der Waals surface area contributed by atoms with Crippen LogP contribution in [0.25, 0.3) is 0 Å². The van der Waals surface area contributed by atoms with E-state index in [4.69, 9.17) is 9.47 Å². The Kier molecular flexibility index (Phi) is 4.16. The van der Waals surface area contributed by atoms with Crippen molar-refractivity contribution in [1.82, 2.24) is 0 Å². The average Bonchev–Trinajstić information content (AvgIpc) is 2.41. The fourth-order valence-corrected chi connectivity index (χ4v) is 2.84. The molecule has 4 heteroatoms. The zero-order valence-electron chi connectivity index (χ0n) is 12.1. The molecule has 2 fully saturated rings. The summed E-state index contributed by atoms with van der Waals surface area (Å²) < 4.78 is 10.7. The van der Waals surface area contributed by atoms with Gasteiger partial charge in [0, 0.05) is 11.8 Å². The number of hydrogen-bond donors (Lipinski definition) is 0. The van der Waals surface area contributed by atoms with Crippen LogP contribution in [0.1, 0.15) is 52.9 Å². The fourth-order valence-electron chi connectivity index (χ4n) is 2.84. The monoisotopic (exact) mass is 268 g/mol. The molecule has 0 bridgehead atoms. The SMILES string of the molecule is CCC(C)(C)C(=O)OC1C(=O)OCC2CCCCC21. The highest BCUT2D eigenvalue weighted by atomic mass is 16.6. The highest BCUT2D eigenvalue weighted by molar-refractivity contribution is 5.82. The Balaban J connectivity index is 2.07. The number of fused-ring (bicyclic) bond motifs is 1. The lowest BCUT2D eigenvalue weighted by atomic mass is 9.75. The molecule has 0 aromatic heterocycles. The van der Waals surface area contributed by atoms with Gasteiger partial charge in [-0.25, -0.2) is 4.79 Å². The van der Waals surface area contributed by atoms with Crippen molar-refractivity contribution >= 4 is 11.9 Å². The summed E-state index contributed by atoms with van der Waals surface area (Å²) in [6.45, 7) is 6.14. The van der Waals surface area contributed by atoms with Crippen LogP contribution in [-0.4, -0.2) is 24.6 Å². The zero-order chi connectivity index (χ0) is 14.0. The van der Waals surface area contributed by atoms with Gasteiger partial charge >= 0.3 is 11.9 Å². The maximum absolute atomic E-state index is 12.2. The quantitative estimate of drug-likeness (QED) is 0.738. The smallest absolute Gasteiger partial charge is 0.347 e. The van der Waals surface area contributed by atoms with Gasteiger partial charge in [-0.15, -0.1) is 0 Å². The summed E-state index contributed by atoms with van der Waals surface area (Å²) in [7, 11) is 0. The van der Waals surface area contributed by atoms with E-state index in [2.05, 4.69) is 0 Å². The zero-order valence-corrected chi connectivity index (χ0v) is 12.1. The molecule has 4 nitrogen and oxygen atoms in total. The fraction of sp³-hybridized carbons (Fsp3) is 0.867. The molecule has 0 spiro atoms. The Morgan fingerprint density at radius 3 is 2.74 bits per heavy atom. The van der Waals surface area contributed by atoms with E-state index in [-0.39, 0.29) is 17.9 Å². The molecule has 3 unspecified atom stereocenters. The van der Waals surface area contributed by atoms with Crippen LogP contribution in [0.3, 0.4) is 0 Å². The van der Waals surface area contributed by atoms with Crippen LogP contribution in [0, 0.1) is 17.3 Å². The molecule has 108 valence electrons. The third-order valence-corrected chi connectivity index (χ3v) is 4.70. The van der Waals surface area contributed by atoms with Gasteiger partial charge in [-0.2, -0.15) is 0 Å². The number of cyclic esters (lactones) is 1. The largest absolute Gasteiger partial charge is 0.463 e. The molecule has 2 aliphatic rings. The summed E-state index contributed by atoms with van der Waals surface area (Å²) in [5.74, 6) is -0.118. The number of carbonyl (C=O) groups excluding carboxylic acids is 2. The number of ether oxygens (including phenoxy) is 2. The number of carbonyl (C=O) groups is 2. The van der Waals surface area contributed by atoms with Crippen molar-refractivity contribution in [3.63, 3.8) is 0 Å². The first-order valence-electron chi connectivity index (χ1n) is 7.33. The molecule has 0 N–H and O–H groups in total. The Labute approximate surface area is 114 Å². The molecule has 19 heavy (non-hydrogen) atoms. The number of rotatable bonds is 3. The minimum atomic E-state index is -0.683. The minimum Gasteiger partial charge on any atom is -0.463 e. The summed E-state index contributed by atoms with van der Waals surface area (Å²) in [5, 5.41) is 0. The lowest BCUT2D eigenvalue weighted by Crippen LogP contribution is -2.48. The standard InChI is InChI=1S/C15H24O4/c1-4-15(2,3)14(17)19-12-11-8-6-5-7-10(11)9-18-13(12)16/h10-12H,4-9H2,1-3H3. The van der Waals surface area contributed by atoms with E-state index in [0.717, 1.165) is 19.3 Å². The Morgan fingerprint density at radius 1 is 1.37 bits per heavy atom. The molecule has 0 amide bonds. The predicted octanol–water partition coefficient (Wildman–Crippen LogP) is 2.70. The predicted molar refractivity (Wildman–Crippen MR) is 70.4 cm³/mol. The summed E-state index contributed by atoms with van der Waals surface area (Å²) in [5.41, 5.74) is -0.540. The van der Waals surface area contributed by atoms with Gasteiger partial charge in [0.1, 0.15) is 0 Å². The molecule has 3 atom stereocenters. The lowest BCUT2D eigenvalue weighted by molar-refractivity contribution is -0.190. The van der Waals surface area contributed by atoms with Gasteiger partial charge in [-0.05, 0) is 33.1 Å². The number of esters is 2. The normalized spacial score (nSPS) is 31.3. The van der Waals surface area contributed by atoms with Crippen LogP contribution >= 0.6 is 0 Å². The third kappa shape index (κ3) is 2.93. The molecule has 1 saturated carbocycles. The second kappa shape index (κ2) is 5.51. The van der Waals surface area contributed by atoms with E-state index < -0.39 is 11.5 Å². The molecule has 0 aromatic rings. The van der Waals surface area contributed by atoms with E-state index in [1.807, 2.05) is 20.8 Å². The number of hydrogen-bond acceptors (Lipinski definition) is 4. The molecule has 2 rings (SSSR count). The van der Waals surface area contributed by atoms with Gasteiger partial charge in [0.05, 0.1) is 12.0 Å². The summed E-state index contributed by atoms with van der Waals surface area (Å²) in [4.78, 5) is 24.1. The summed E-state index contributed by atoms with van der Waals surface area (Å²) in [6, 6.07) is 0. The first-order chi connectivity index (χ1) is 8.95. The van der Waals surface area contributed by atoms with Crippen LogP contribution in [0.2, 0.25) is 0 Å². The molecular weight excluding hydrogens is 244 g/mol. The van der Waals surface area contributed by atoms with Crippen LogP contribution in [0.15, 0.2) is 0 Å². The molecule has 0 aromatic carbocycles. The van der Waals surface area contributed by atoms with Crippen molar-refractivity contribution in [2.75, 3.05) is 6.61 Å². The van der Waals surface area contributed by atoms with Crippen molar-refractivity contribution in [1.29, 1.82) is 0 Å². The Morgan fingerprint density at radius 2 is 2.05 bits per heavy atom.